The maximum absolute atomic E-state index is 9.91. The van der Waals surface area contributed by atoms with Crippen molar-refractivity contribution < 1.29 is 5.11 Å². The Morgan fingerprint density at radius 1 is 1.15 bits per heavy atom. The highest BCUT2D eigenvalue weighted by Crippen LogP contribution is 2.22. The molecule has 1 fully saturated rings. The van der Waals surface area contributed by atoms with Crippen molar-refractivity contribution in [3.8, 4) is 0 Å². The Balaban J connectivity index is 1.89. The molecule has 1 aromatic rings. The number of nitrogens with zero attached hydrogens (tertiary/aromatic N) is 2. The molecule has 1 aliphatic heterocycles. The number of aliphatic hydroxyl groups is 1. The van der Waals surface area contributed by atoms with Gasteiger partial charge in [-0.3, -0.25) is 4.90 Å². The van der Waals surface area contributed by atoms with E-state index in [2.05, 4.69) is 48.8 Å². The van der Waals surface area contributed by atoms with E-state index in [1.165, 1.54) is 16.8 Å². The summed E-state index contributed by atoms with van der Waals surface area (Å²) < 4.78 is 0. The first kappa shape index (κ1) is 15.3. The number of aryl methyl sites for hydroxylation is 2. The van der Waals surface area contributed by atoms with Gasteiger partial charge in [-0.15, -0.1) is 0 Å². The second kappa shape index (κ2) is 7.09. The van der Waals surface area contributed by atoms with E-state index in [0.29, 0.717) is 0 Å². The Hall–Kier alpha value is -1.06. The first-order valence-electron chi connectivity index (χ1n) is 7.82. The van der Waals surface area contributed by atoms with Crippen LogP contribution in [-0.2, 0) is 0 Å². The lowest BCUT2D eigenvalue weighted by Crippen LogP contribution is -2.48. The van der Waals surface area contributed by atoms with Crippen LogP contribution in [0.2, 0.25) is 0 Å². The molecule has 1 unspecified atom stereocenters. The van der Waals surface area contributed by atoms with E-state index in [0.717, 1.165) is 45.6 Å². The van der Waals surface area contributed by atoms with E-state index in [9.17, 15) is 5.11 Å². The van der Waals surface area contributed by atoms with Crippen molar-refractivity contribution in [1.29, 1.82) is 0 Å². The molecule has 3 heteroatoms. The quantitative estimate of drug-likeness (QED) is 0.895. The van der Waals surface area contributed by atoms with Gasteiger partial charge in [0.25, 0.3) is 0 Å². The zero-order valence-electron chi connectivity index (χ0n) is 13.1. The summed E-state index contributed by atoms with van der Waals surface area (Å²) in [6.07, 6.45) is 1.81. The van der Waals surface area contributed by atoms with Crippen molar-refractivity contribution in [3.63, 3.8) is 0 Å². The van der Waals surface area contributed by atoms with Gasteiger partial charge in [0.15, 0.2) is 0 Å². The van der Waals surface area contributed by atoms with E-state index >= 15 is 0 Å². The van der Waals surface area contributed by atoms with E-state index in [4.69, 9.17) is 0 Å². The third-order valence-corrected chi connectivity index (χ3v) is 4.17. The molecule has 1 saturated heterocycles. The first-order chi connectivity index (χ1) is 9.60. The Labute approximate surface area is 123 Å². The van der Waals surface area contributed by atoms with Crippen LogP contribution >= 0.6 is 0 Å². The highest BCUT2D eigenvalue weighted by molar-refractivity contribution is 5.55. The van der Waals surface area contributed by atoms with Gasteiger partial charge in [0, 0.05) is 38.4 Å². The van der Waals surface area contributed by atoms with E-state index < -0.39 is 0 Å². The molecule has 2 rings (SSSR count). The van der Waals surface area contributed by atoms with Crippen molar-refractivity contribution in [1.82, 2.24) is 4.90 Å². The van der Waals surface area contributed by atoms with Gasteiger partial charge in [0.05, 0.1) is 6.10 Å². The maximum atomic E-state index is 9.91. The van der Waals surface area contributed by atoms with Crippen molar-refractivity contribution in [2.45, 2.75) is 39.7 Å². The van der Waals surface area contributed by atoms with Crippen LogP contribution < -0.4 is 4.90 Å². The Bertz CT molecular complexity index is 425. The zero-order chi connectivity index (χ0) is 14.5. The van der Waals surface area contributed by atoms with Gasteiger partial charge in [-0.2, -0.15) is 0 Å². The molecule has 0 aliphatic carbocycles. The van der Waals surface area contributed by atoms with Gasteiger partial charge in [-0.1, -0.05) is 25.5 Å². The predicted molar refractivity (Wildman–Crippen MR) is 85.5 cm³/mol. The SMILES string of the molecule is CCCC(O)CN1CCN(c2cc(C)ccc2C)CC1. The number of rotatable bonds is 5. The molecule has 3 nitrogen and oxygen atoms in total. The largest absolute Gasteiger partial charge is 0.392 e. The molecule has 0 saturated carbocycles. The molecule has 1 atom stereocenters. The highest BCUT2D eigenvalue weighted by Gasteiger charge is 2.20. The molecule has 0 radical (unpaired) electrons. The highest BCUT2D eigenvalue weighted by atomic mass is 16.3. The average Bonchev–Trinajstić information content (AvgIpc) is 2.43. The number of anilines is 1. The van der Waals surface area contributed by atoms with E-state index in [-0.39, 0.29) is 6.10 Å². The van der Waals surface area contributed by atoms with Crippen molar-refractivity contribution in [2.24, 2.45) is 0 Å². The second-order valence-electron chi connectivity index (χ2n) is 6.02. The van der Waals surface area contributed by atoms with Crippen molar-refractivity contribution >= 4 is 5.69 Å². The van der Waals surface area contributed by atoms with Gasteiger partial charge in [-0.25, -0.2) is 0 Å². The van der Waals surface area contributed by atoms with Crippen LogP contribution in [0.5, 0.6) is 0 Å². The Morgan fingerprint density at radius 3 is 2.50 bits per heavy atom. The maximum Gasteiger partial charge on any atom is 0.0667 e. The van der Waals surface area contributed by atoms with E-state index in [1.54, 1.807) is 0 Å². The number of hydrogen-bond acceptors (Lipinski definition) is 3. The summed E-state index contributed by atoms with van der Waals surface area (Å²) in [6.45, 7) is 11.5. The minimum absolute atomic E-state index is 0.160. The van der Waals surface area contributed by atoms with Gasteiger partial charge in [0.2, 0.25) is 0 Å². The minimum atomic E-state index is -0.160. The predicted octanol–water partition coefficient (Wildman–Crippen LogP) is 2.59. The summed E-state index contributed by atoms with van der Waals surface area (Å²) in [6, 6.07) is 6.68. The van der Waals surface area contributed by atoms with Crippen LogP contribution in [0.4, 0.5) is 5.69 Å². The summed E-state index contributed by atoms with van der Waals surface area (Å²) in [7, 11) is 0. The van der Waals surface area contributed by atoms with Gasteiger partial charge < -0.3 is 10.0 Å². The van der Waals surface area contributed by atoms with Gasteiger partial charge in [-0.05, 0) is 37.5 Å². The van der Waals surface area contributed by atoms with Gasteiger partial charge in [0.1, 0.15) is 0 Å². The standard InChI is InChI=1S/C17H28N2O/c1-4-5-16(20)13-18-8-10-19(11-9-18)17-12-14(2)6-7-15(17)3/h6-7,12,16,20H,4-5,8-11,13H2,1-3H3. The summed E-state index contributed by atoms with van der Waals surface area (Å²) in [4.78, 5) is 4.87. The van der Waals surface area contributed by atoms with Crippen LogP contribution in [-0.4, -0.2) is 48.8 Å². The lowest BCUT2D eigenvalue weighted by molar-refractivity contribution is 0.101. The molecular weight excluding hydrogens is 248 g/mol. The zero-order valence-corrected chi connectivity index (χ0v) is 13.1. The van der Waals surface area contributed by atoms with Crippen LogP contribution in [0, 0.1) is 13.8 Å². The molecular formula is C17H28N2O. The topological polar surface area (TPSA) is 26.7 Å². The number of benzene rings is 1. The molecule has 1 aromatic carbocycles. The lowest BCUT2D eigenvalue weighted by Gasteiger charge is -2.37. The molecule has 1 heterocycles. The molecule has 0 aromatic heterocycles. The molecule has 0 bridgehead atoms. The van der Waals surface area contributed by atoms with Crippen LogP contribution in [0.3, 0.4) is 0 Å². The molecule has 20 heavy (non-hydrogen) atoms. The Kier molecular flexibility index (Phi) is 5.44. The normalized spacial score (nSPS) is 18.3. The lowest BCUT2D eigenvalue weighted by atomic mass is 10.1. The van der Waals surface area contributed by atoms with Crippen LogP contribution in [0.1, 0.15) is 30.9 Å². The number of hydrogen-bond donors (Lipinski definition) is 1. The van der Waals surface area contributed by atoms with E-state index in [1.807, 2.05) is 0 Å². The smallest absolute Gasteiger partial charge is 0.0667 e. The number of β-amino-alcohol motifs (C(OH)–C–C–N with tert-alkyl or cyclic N) is 1. The summed E-state index contributed by atoms with van der Waals surface area (Å²) >= 11 is 0. The Morgan fingerprint density at radius 2 is 1.85 bits per heavy atom. The third kappa shape index (κ3) is 3.97. The second-order valence-corrected chi connectivity index (χ2v) is 6.02. The monoisotopic (exact) mass is 276 g/mol. The van der Waals surface area contributed by atoms with Crippen molar-refractivity contribution in [3.05, 3.63) is 29.3 Å². The number of piperazine rings is 1. The van der Waals surface area contributed by atoms with Crippen LogP contribution in [0.25, 0.3) is 0 Å². The fraction of sp³-hybridized carbons (Fsp3) is 0.647. The summed E-state index contributed by atoms with van der Waals surface area (Å²) in [5.41, 5.74) is 4.06. The molecule has 0 amide bonds. The third-order valence-electron chi connectivity index (χ3n) is 4.17. The molecule has 1 N–H and O–H groups in total. The number of aliphatic hydroxyl groups excluding tert-OH is 1. The van der Waals surface area contributed by atoms with Crippen molar-refractivity contribution in [2.75, 3.05) is 37.6 Å². The molecule has 0 spiro atoms. The summed E-state index contributed by atoms with van der Waals surface area (Å²) in [5.74, 6) is 0. The summed E-state index contributed by atoms with van der Waals surface area (Å²) in [5, 5.41) is 9.91. The molecule has 112 valence electrons. The first-order valence-corrected chi connectivity index (χ1v) is 7.82. The fourth-order valence-corrected chi connectivity index (χ4v) is 2.95. The minimum Gasteiger partial charge on any atom is -0.392 e. The average molecular weight is 276 g/mol. The molecule has 1 aliphatic rings. The van der Waals surface area contributed by atoms with Crippen LogP contribution in [0.15, 0.2) is 18.2 Å². The fourth-order valence-electron chi connectivity index (χ4n) is 2.95. The van der Waals surface area contributed by atoms with Gasteiger partial charge >= 0.3 is 0 Å².